The molecule has 11 aromatic rings. The van der Waals surface area contributed by atoms with Crippen LogP contribution in [0.3, 0.4) is 0 Å². The van der Waals surface area contributed by atoms with Crippen molar-refractivity contribution >= 4 is 211 Å². The molecule has 0 saturated heterocycles. The van der Waals surface area contributed by atoms with Crippen molar-refractivity contribution in [2.75, 3.05) is 41.5 Å². The van der Waals surface area contributed by atoms with Crippen molar-refractivity contribution in [2.24, 2.45) is 0 Å². The third kappa shape index (κ3) is 37.6. The van der Waals surface area contributed by atoms with E-state index < -0.39 is 51.9 Å². The number of carbonyl (C=O) groups is 5. The van der Waals surface area contributed by atoms with Crippen molar-refractivity contribution in [3.05, 3.63) is 234 Å². The Morgan fingerprint density at radius 3 is 1.45 bits per heavy atom. The van der Waals surface area contributed by atoms with Gasteiger partial charge in [0.05, 0.1) is 86.8 Å². The fourth-order valence-electron chi connectivity index (χ4n) is 7.92. The minimum Gasteiger partial charge on any atom is -0.505 e. The Balaban J connectivity index is 0.000000279. The number of Topliss-reactive ketones (excluding diaryl/α,β-unsaturated/α-hetero) is 1. The number of hydrogen-bond acceptors (Lipinski definition) is 23. The topological polar surface area (TPSA) is 387 Å². The maximum absolute atomic E-state index is 13.8. The first kappa shape index (κ1) is 95.6. The number of nitrogens with two attached hydrogens (primary N) is 2. The number of halogens is 12. The van der Waals surface area contributed by atoms with Crippen LogP contribution >= 0.6 is 120 Å². The van der Waals surface area contributed by atoms with Gasteiger partial charge in [-0.15, -0.1) is 0 Å². The summed E-state index contributed by atoms with van der Waals surface area (Å²) in [5.74, 6) is -1.58. The molecule has 0 unspecified atom stereocenters. The summed E-state index contributed by atoms with van der Waals surface area (Å²) in [5.41, 5.74) is 13.2. The molecule has 2 aromatic carbocycles. The zero-order valence-electron chi connectivity index (χ0n) is 61.7. The van der Waals surface area contributed by atoms with E-state index in [-0.39, 0.29) is 55.7 Å². The average molecular weight is 1770 g/mol. The number of allylic oxidation sites excluding steroid dienone is 1. The van der Waals surface area contributed by atoms with Gasteiger partial charge in [-0.05, 0) is 182 Å². The third-order valence-electron chi connectivity index (χ3n) is 12.4. The Bertz CT molecular complexity index is 5270. The SMILES string of the molecule is CC(=O)c1cc(Cl)ncc1NC(=O)OC(C)(C)C.CC(C)(C)OC(=O)Nc1ccc(Cl)nc1.CN(C)/C=C/C(=O)c1cc(Cl)ncc1NC(=O)OC(C)(C)C.Clc1cc2c(Cl)ccnc2cn1.Nc1ccc(O)c(F)c1.Nc1ccc(Oc2ccnc3cnc(Cl)cc23)c(F)c1.O=P(Cl)(Cl)Cl.O=c1cc[nH]c2cnc(Cl)cc12. The Labute approximate surface area is 696 Å². The highest BCUT2D eigenvalue weighted by molar-refractivity contribution is 8.24. The third-order valence-corrected chi connectivity index (χ3v) is 14.0. The molecule has 0 aliphatic carbocycles. The summed E-state index contributed by atoms with van der Waals surface area (Å²) in [5, 5.41) is 17.4. The van der Waals surface area contributed by atoms with Gasteiger partial charge in [0, 0.05) is 90.9 Å². The number of aromatic nitrogens is 9. The summed E-state index contributed by atoms with van der Waals surface area (Å²) in [6.07, 6.45) is 14.7. The molecule has 0 aliphatic heterocycles. The number of nitrogen functional groups attached to an aromatic ring is 2. The van der Waals surface area contributed by atoms with E-state index in [1.54, 1.807) is 167 Å². The lowest BCUT2D eigenvalue weighted by atomic mass is 10.1. The quantitative estimate of drug-likeness (QED) is 0.0134. The number of anilines is 5. The largest absolute Gasteiger partial charge is 0.505 e. The molecule has 11 rings (SSSR count). The van der Waals surface area contributed by atoms with E-state index in [9.17, 15) is 42.1 Å². The molecule has 0 saturated carbocycles. The van der Waals surface area contributed by atoms with Crippen LogP contribution < -0.4 is 37.6 Å². The highest BCUT2D eigenvalue weighted by atomic mass is 36.0. The summed E-state index contributed by atoms with van der Waals surface area (Å²) < 4.78 is 56.4. The summed E-state index contributed by atoms with van der Waals surface area (Å²) in [4.78, 5) is 106. The lowest BCUT2D eigenvalue weighted by Crippen LogP contribution is -2.27. The molecule has 9 aromatic heterocycles. The van der Waals surface area contributed by atoms with Gasteiger partial charge in [-0.1, -0.05) is 81.2 Å². The number of aromatic hydroxyl groups is 1. The summed E-state index contributed by atoms with van der Waals surface area (Å²) in [6, 6.07) is 23.7. The van der Waals surface area contributed by atoms with E-state index in [4.69, 9.17) is 117 Å². The van der Waals surface area contributed by atoms with Gasteiger partial charge < -0.3 is 45.4 Å². The monoisotopic (exact) mass is 1770 g/mol. The number of benzene rings is 2. The first-order chi connectivity index (χ1) is 52.5. The molecule has 9 heterocycles. The maximum Gasteiger partial charge on any atom is 0.412 e. The van der Waals surface area contributed by atoms with Crippen LogP contribution in [0.25, 0.3) is 32.7 Å². The fraction of sp³-hybridized carbons (Fsp3) is 0.205. The maximum atomic E-state index is 13.8. The van der Waals surface area contributed by atoms with E-state index in [2.05, 4.69) is 94.5 Å². The van der Waals surface area contributed by atoms with Crippen molar-refractivity contribution in [1.82, 2.24) is 49.8 Å². The predicted molar refractivity (Wildman–Crippen MR) is 444 cm³/mol. The molecule has 0 aliphatic rings. The molecule has 113 heavy (non-hydrogen) atoms. The number of pyridine rings is 9. The van der Waals surface area contributed by atoms with Crippen LogP contribution in [0.1, 0.15) is 90.0 Å². The van der Waals surface area contributed by atoms with Crippen LogP contribution in [0.4, 0.5) is 51.6 Å². The number of ketones is 2. The van der Waals surface area contributed by atoms with Gasteiger partial charge in [0.15, 0.2) is 40.1 Å². The van der Waals surface area contributed by atoms with Crippen molar-refractivity contribution < 1.29 is 61.4 Å². The number of fused-ring (bicyclic) bond motifs is 3. The highest BCUT2D eigenvalue weighted by Gasteiger charge is 2.22. The first-order valence-electron chi connectivity index (χ1n) is 32.1. The Hall–Kier alpha value is -9.75. The van der Waals surface area contributed by atoms with Crippen LogP contribution in [0.15, 0.2) is 170 Å². The second-order valence-corrected chi connectivity index (χ2v) is 34.9. The number of hydrogen-bond donors (Lipinski definition) is 7. The van der Waals surface area contributed by atoms with Crippen LogP contribution in [-0.4, -0.2) is 116 Å². The van der Waals surface area contributed by atoms with Crippen LogP contribution in [0.2, 0.25) is 35.9 Å². The lowest BCUT2D eigenvalue weighted by Gasteiger charge is -2.20. The number of rotatable bonds is 9. The van der Waals surface area contributed by atoms with Gasteiger partial charge in [0.2, 0.25) is 0 Å². The van der Waals surface area contributed by atoms with Gasteiger partial charge in [-0.2, -0.15) is 0 Å². The number of phenols is 1. The molecule has 0 atom stereocenters. The number of aromatic amines is 1. The Morgan fingerprint density at radius 2 is 0.965 bits per heavy atom. The van der Waals surface area contributed by atoms with E-state index in [1.165, 1.54) is 80.3 Å². The summed E-state index contributed by atoms with van der Waals surface area (Å²) >= 11 is 54.1. The zero-order chi connectivity index (χ0) is 84.9. The fourth-order valence-corrected chi connectivity index (χ4v) is 9.03. The van der Waals surface area contributed by atoms with Crippen LogP contribution in [0.5, 0.6) is 17.2 Å². The second-order valence-electron chi connectivity index (χ2n) is 25.5. The number of nitrogens with one attached hydrogen (secondary N) is 4. The van der Waals surface area contributed by atoms with E-state index in [0.717, 1.165) is 17.0 Å². The van der Waals surface area contributed by atoms with Crippen molar-refractivity contribution in [2.45, 2.75) is 86.0 Å². The normalized spacial score (nSPS) is 10.8. The standard InChI is InChI=1S/C15H20ClN3O3.C14H9ClFN3O.C12H15ClN2O3.C10H13ClN2O2.C8H4Cl2N2.C8H5ClN2O.C6H6FNO.Cl3OP/c1-15(2,3)22-14(21)18-11-9-17-13(16)8-10(11)12(20)6-7-19(4)5;15-14-6-9-11(7-19-14)18-4-3-12(9)20-13-2-1-8(17)5-10(13)16;1-7(16)8-5-10(13)14-6-9(8)15-11(17)18-12(2,3)4;1-10(2,3)15-9(14)13-7-4-5-8(11)12-6-7;9-6-1-2-11-7-4-12-8(10)3-5(6)7;9-8-3-5-6(4-11-8)10-2-1-7(5)12;7-5-3-4(8)1-2-6(5)9;1-5(2,3)4/h6-9H,1-5H3,(H,18,21);1-7H,17H2;5-6H,1-4H3,(H,15,17);4-6H,1-3H3,(H,13,14);1-4H;1-4H,(H,10,12);1-3,9H,8H2;/b7-6+;;;;;;;. The molecule has 40 heteroatoms. The van der Waals surface area contributed by atoms with Gasteiger partial charge >= 0.3 is 23.5 Å². The van der Waals surface area contributed by atoms with Gasteiger partial charge in [0.25, 0.3) is 0 Å². The smallest absolute Gasteiger partial charge is 0.412 e. The molecule has 0 fully saturated rings. The number of amides is 3. The lowest BCUT2D eigenvalue weighted by molar-refractivity contribution is 0.0624. The minimum absolute atomic E-state index is 0.0481. The van der Waals surface area contributed by atoms with Crippen molar-refractivity contribution in [3.8, 4) is 17.2 Å². The average Bonchev–Trinajstić information content (AvgIpc) is 0.840. The Morgan fingerprint density at radius 1 is 0.522 bits per heavy atom. The summed E-state index contributed by atoms with van der Waals surface area (Å²) in [6.45, 7) is 17.3. The van der Waals surface area contributed by atoms with Crippen molar-refractivity contribution in [3.63, 3.8) is 0 Å². The minimum atomic E-state index is -3.22. The second kappa shape index (κ2) is 44.6. The van der Waals surface area contributed by atoms with Gasteiger partial charge in [-0.25, -0.2) is 53.1 Å². The van der Waals surface area contributed by atoms with Gasteiger partial charge in [0.1, 0.15) is 53.5 Å². The predicted octanol–water partition coefficient (Wildman–Crippen LogP) is 21.9. The van der Waals surface area contributed by atoms with Crippen molar-refractivity contribution in [1.29, 1.82) is 0 Å². The Kier molecular flexibility index (Phi) is 37.8. The number of carbonyl (C=O) groups excluding carboxylic acids is 5. The molecule has 0 radical (unpaired) electrons. The van der Waals surface area contributed by atoms with E-state index in [1.807, 2.05) is 0 Å². The molecular formula is C73H72Cl10F2N15O12P. The highest BCUT2D eigenvalue weighted by Crippen LogP contribution is 2.61. The van der Waals surface area contributed by atoms with Crippen LogP contribution in [-0.2, 0) is 18.8 Å². The first-order valence-corrected chi connectivity index (χ1v) is 39.2. The molecule has 600 valence electrons. The molecule has 9 N–H and O–H groups in total. The molecule has 0 bridgehead atoms. The molecule has 3 amide bonds. The van der Waals surface area contributed by atoms with Gasteiger partial charge in [-0.3, -0.25) is 44.9 Å². The van der Waals surface area contributed by atoms with E-state index >= 15 is 0 Å². The number of ether oxygens (including phenoxy) is 4. The zero-order valence-corrected chi connectivity index (χ0v) is 70.1. The molecule has 27 nitrogen and oxygen atoms in total. The molecule has 0 spiro atoms. The number of phenolic OH excluding ortho intramolecular Hbond substituents is 1. The van der Waals surface area contributed by atoms with E-state index in [0.29, 0.717) is 75.8 Å². The number of H-pyrrole nitrogens is 1. The molecular weight excluding hydrogens is 1700 g/mol. The van der Waals surface area contributed by atoms with Crippen LogP contribution in [0, 0.1) is 11.6 Å². The number of nitrogens with zero attached hydrogens (tertiary/aromatic N) is 9. The summed E-state index contributed by atoms with van der Waals surface area (Å²) in [7, 11) is 3.59.